The zero-order chi connectivity index (χ0) is 18.8. The van der Waals surface area contributed by atoms with Gasteiger partial charge in [-0.25, -0.2) is 4.98 Å². The van der Waals surface area contributed by atoms with Gasteiger partial charge in [-0.1, -0.05) is 12.8 Å². The van der Waals surface area contributed by atoms with Gasteiger partial charge in [0.15, 0.2) is 5.13 Å². The van der Waals surface area contributed by atoms with Crippen molar-refractivity contribution < 1.29 is 4.79 Å². The number of nitrogens with one attached hydrogen (secondary N) is 1. The lowest BCUT2D eigenvalue weighted by atomic mass is 10.0. The fourth-order valence-corrected chi connectivity index (χ4v) is 5.13. The zero-order valence-corrected chi connectivity index (χ0v) is 17.0. The second kappa shape index (κ2) is 7.97. The smallest absolute Gasteiger partial charge is 0.223 e. The van der Waals surface area contributed by atoms with Gasteiger partial charge in [-0.2, -0.15) is 0 Å². The number of pyridine rings is 1. The average Bonchev–Trinajstić information content (AvgIpc) is 3.36. The second-order valence-corrected chi connectivity index (χ2v) is 8.80. The average molecular weight is 385 g/mol. The van der Waals surface area contributed by atoms with E-state index in [4.69, 9.17) is 4.98 Å². The Morgan fingerprint density at radius 3 is 2.70 bits per heavy atom. The standard InChI is InChI=1S/C21H28N4OS/c1-14-10-17(24-21-23-15(2)13-27-21)12-18(22-14)19-8-5-9-25(19)20(26)11-16-6-3-4-7-16/h10,12-13,16,19H,3-9,11H2,1-2H3,(H,22,23,24). The number of carbonyl (C=O) groups is 1. The summed E-state index contributed by atoms with van der Waals surface area (Å²) in [5.41, 5.74) is 4.00. The van der Waals surface area contributed by atoms with Crippen LogP contribution in [-0.4, -0.2) is 27.3 Å². The molecule has 4 rings (SSSR count). The lowest BCUT2D eigenvalue weighted by Gasteiger charge is -2.26. The third kappa shape index (κ3) is 4.32. The van der Waals surface area contributed by atoms with E-state index in [1.807, 2.05) is 25.3 Å². The van der Waals surface area contributed by atoms with E-state index in [0.717, 1.165) is 47.3 Å². The summed E-state index contributed by atoms with van der Waals surface area (Å²) in [6.07, 6.45) is 7.78. The molecule has 2 aromatic heterocycles. The van der Waals surface area contributed by atoms with Crippen LogP contribution in [0.15, 0.2) is 17.5 Å². The summed E-state index contributed by atoms with van der Waals surface area (Å²) in [6.45, 7) is 4.87. The fraction of sp³-hybridized carbons (Fsp3) is 0.571. The number of hydrogen-bond donors (Lipinski definition) is 1. The van der Waals surface area contributed by atoms with Gasteiger partial charge in [0, 0.05) is 29.7 Å². The third-order valence-electron chi connectivity index (χ3n) is 5.70. The Labute approximate surface area is 165 Å². The number of thiazole rings is 1. The van der Waals surface area contributed by atoms with Gasteiger partial charge in [0.1, 0.15) is 0 Å². The van der Waals surface area contributed by atoms with Crippen LogP contribution < -0.4 is 5.32 Å². The first kappa shape index (κ1) is 18.4. The molecule has 1 atom stereocenters. The summed E-state index contributed by atoms with van der Waals surface area (Å²) in [6, 6.07) is 4.24. The van der Waals surface area contributed by atoms with Gasteiger partial charge in [-0.3, -0.25) is 9.78 Å². The molecule has 0 spiro atoms. The molecule has 0 bridgehead atoms. The minimum atomic E-state index is 0.109. The van der Waals surface area contributed by atoms with Crippen molar-refractivity contribution >= 4 is 28.1 Å². The van der Waals surface area contributed by atoms with Crippen LogP contribution in [0, 0.1) is 19.8 Å². The van der Waals surface area contributed by atoms with E-state index in [0.29, 0.717) is 18.2 Å². The Balaban J connectivity index is 1.51. The number of anilines is 2. The van der Waals surface area contributed by atoms with E-state index in [1.165, 1.54) is 25.7 Å². The minimum absolute atomic E-state index is 0.109. The van der Waals surface area contributed by atoms with E-state index in [-0.39, 0.29) is 6.04 Å². The highest BCUT2D eigenvalue weighted by molar-refractivity contribution is 7.13. The highest BCUT2D eigenvalue weighted by atomic mass is 32.1. The van der Waals surface area contributed by atoms with Gasteiger partial charge in [0.05, 0.1) is 17.4 Å². The molecule has 144 valence electrons. The van der Waals surface area contributed by atoms with Gasteiger partial charge in [-0.15, -0.1) is 11.3 Å². The van der Waals surface area contributed by atoms with Gasteiger partial charge in [0.2, 0.25) is 5.91 Å². The van der Waals surface area contributed by atoms with Crippen LogP contribution >= 0.6 is 11.3 Å². The van der Waals surface area contributed by atoms with E-state index < -0.39 is 0 Å². The Morgan fingerprint density at radius 2 is 1.96 bits per heavy atom. The molecule has 0 radical (unpaired) electrons. The van der Waals surface area contributed by atoms with Gasteiger partial charge >= 0.3 is 0 Å². The molecular formula is C21H28N4OS. The summed E-state index contributed by atoms with van der Waals surface area (Å²) in [7, 11) is 0. The van der Waals surface area contributed by atoms with Gasteiger partial charge in [-0.05, 0) is 57.6 Å². The number of rotatable bonds is 5. The summed E-state index contributed by atoms with van der Waals surface area (Å²) in [5.74, 6) is 0.910. The molecule has 27 heavy (non-hydrogen) atoms. The fourth-order valence-electron chi connectivity index (χ4n) is 4.42. The molecule has 1 amide bonds. The molecule has 2 fully saturated rings. The first-order valence-electron chi connectivity index (χ1n) is 10.1. The molecule has 0 aromatic carbocycles. The molecular weight excluding hydrogens is 356 g/mol. The van der Waals surface area contributed by atoms with Crippen LogP contribution in [0.2, 0.25) is 0 Å². The molecule has 3 heterocycles. The maximum atomic E-state index is 12.9. The number of hydrogen-bond acceptors (Lipinski definition) is 5. The lowest BCUT2D eigenvalue weighted by molar-refractivity contribution is -0.133. The molecule has 1 saturated carbocycles. The number of likely N-dealkylation sites (tertiary alicyclic amines) is 1. The minimum Gasteiger partial charge on any atom is -0.334 e. The van der Waals surface area contributed by atoms with Crippen LogP contribution in [0.4, 0.5) is 10.8 Å². The number of carbonyl (C=O) groups excluding carboxylic acids is 1. The van der Waals surface area contributed by atoms with Crippen molar-refractivity contribution in [3.63, 3.8) is 0 Å². The molecule has 5 nitrogen and oxygen atoms in total. The van der Waals surface area contributed by atoms with E-state index >= 15 is 0 Å². The monoisotopic (exact) mass is 384 g/mol. The zero-order valence-electron chi connectivity index (χ0n) is 16.2. The number of aryl methyl sites for hydroxylation is 2. The number of aromatic nitrogens is 2. The molecule has 6 heteroatoms. The maximum absolute atomic E-state index is 12.9. The SMILES string of the molecule is Cc1cc(Nc2nc(C)cs2)cc(C2CCCN2C(=O)CC2CCCC2)n1. The second-order valence-electron chi connectivity index (χ2n) is 7.94. The van der Waals surface area contributed by atoms with E-state index in [2.05, 4.69) is 21.3 Å². The Hall–Kier alpha value is -1.95. The maximum Gasteiger partial charge on any atom is 0.223 e. The van der Waals surface area contributed by atoms with E-state index in [9.17, 15) is 4.79 Å². The Kier molecular flexibility index (Phi) is 5.43. The van der Waals surface area contributed by atoms with Crippen molar-refractivity contribution in [1.29, 1.82) is 0 Å². The van der Waals surface area contributed by atoms with E-state index in [1.54, 1.807) is 11.3 Å². The quantitative estimate of drug-likeness (QED) is 0.775. The van der Waals surface area contributed by atoms with Crippen molar-refractivity contribution in [1.82, 2.24) is 14.9 Å². The predicted molar refractivity (Wildman–Crippen MR) is 109 cm³/mol. The molecule has 1 N–H and O–H groups in total. The largest absolute Gasteiger partial charge is 0.334 e. The topological polar surface area (TPSA) is 58.1 Å². The van der Waals surface area contributed by atoms with Crippen molar-refractivity contribution in [2.75, 3.05) is 11.9 Å². The summed E-state index contributed by atoms with van der Waals surface area (Å²) >= 11 is 1.60. The molecule has 1 unspecified atom stereocenters. The first-order chi connectivity index (χ1) is 13.1. The lowest BCUT2D eigenvalue weighted by Crippen LogP contribution is -2.32. The van der Waals surface area contributed by atoms with Crippen LogP contribution in [0.3, 0.4) is 0 Å². The third-order valence-corrected chi connectivity index (χ3v) is 6.57. The van der Waals surface area contributed by atoms with Crippen molar-refractivity contribution in [2.45, 2.75) is 64.8 Å². The van der Waals surface area contributed by atoms with Gasteiger partial charge in [0.25, 0.3) is 0 Å². The highest BCUT2D eigenvalue weighted by Gasteiger charge is 2.32. The van der Waals surface area contributed by atoms with Crippen LogP contribution in [0.25, 0.3) is 0 Å². The highest BCUT2D eigenvalue weighted by Crippen LogP contribution is 2.35. The van der Waals surface area contributed by atoms with Crippen LogP contribution in [0.1, 0.15) is 68.1 Å². The molecule has 2 aromatic rings. The molecule has 1 aliphatic heterocycles. The number of nitrogens with zero attached hydrogens (tertiary/aromatic N) is 3. The van der Waals surface area contributed by atoms with Gasteiger partial charge < -0.3 is 10.2 Å². The van der Waals surface area contributed by atoms with Crippen molar-refractivity contribution in [3.05, 3.63) is 34.6 Å². The summed E-state index contributed by atoms with van der Waals surface area (Å²) in [5, 5.41) is 6.33. The van der Waals surface area contributed by atoms with Crippen molar-refractivity contribution in [2.24, 2.45) is 5.92 Å². The molecule has 1 saturated heterocycles. The summed E-state index contributed by atoms with van der Waals surface area (Å²) in [4.78, 5) is 24.3. The summed E-state index contributed by atoms with van der Waals surface area (Å²) < 4.78 is 0. The Bertz CT molecular complexity index is 812. The normalized spacial score (nSPS) is 20.4. The van der Waals surface area contributed by atoms with Crippen LogP contribution in [-0.2, 0) is 4.79 Å². The molecule has 2 aliphatic rings. The predicted octanol–water partition coefficient (Wildman–Crippen LogP) is 5.14. The number of amides is 1. The molecule has 1 aliphatic carbocycles. The van der Waals surface area contributed by atoms with Crippen molar-refractivity contribution in [3.8, 4) is 0 Å². The first-order valence-corrected chi connectivity index (χ1v) is 10.9. The van der Waals surface area contributed by atoms with Crippen LogP contribution in [0.5, 0.6) is 0 Å². The Morgan fingerprint density at radius 1 is 1.15 bits per heavy atom.